The lowest BCUT2D eigenvalue weighted by molar-refractivity contribution is 0.0752. The maximum absolute atomic E-state index is 9.19. The van der Waals surface area contributed by atoms with E-state index >= 15 is 0 Å². The summed E-state index contributed by atoms with van der Waals surface area (Å²) in [5.74, 6) is 0. The molecule has 0 saturated carbocycles. The Morgan fingerprint density at radius 2 is 2.00 bits per heavy atom. The summed E-state index contributed by atoms with van der Waals surface area (Å²) in [5, 5.41) is 20.9. The molecule has 1 atom stereocenters. The molecule has 0 rings (SSSR count). The number of rotatable bonds is 4. The lowest BCUT2D eigenvalue weighted by atomic mass is 10.1. The number of aliphatic hydroxyl groups excluding tert-OH is 1. The van der Waals surface area contributed by atoms with Gasteiger partial charge >= 0.3 is 0 Å². The lowest BCUT2D eigenvalue weighted by Gasteiger charge is -2.18. The lowest BCUT2D eigenvalue weighted by Crippen LogP contribution is -2.37. The van der Waals surface area contributed by atoms with E-state index in [0.29, 0.717) is 13.1 Å². The highest BCUT2D eigenvalue weighted by Gasteiger charge is 2.10. The Morgan fingerprint density at radius 1 is 1.50 bits per heavy atom. The van der Waals surface area contributed by atoms with Crippen LogP contribution in [0.4, 0.5) is 0 Å². The highest BCUT2D eigenvalue weighted by Crippen LogP contribution is 1.96. The second-order valence-electron chi connectivity index (χ2n) is 3.29. The molecule has 10 heavy (non-hydrogen) atoms. The molecule has 0 aromatic heterocycles. The quantitative estimate of drug-likeness (QED) is 0.513. The smallest absolute Gasteiger partial charge is 0.0715 e. The van der Waals surface area contributed by atoms with Crippen molar-refractivity contribution < 1.29 is 10.2 Å². The van der Waals surface area contributed by atoms with E-state index < -0.39 is 5.60 Å². The van der Waals surface area contributed by atoms with Gasteiger partial charge < -0.3 is 15.5 Å². The van der Waals surface area contributed by atoms with Crippen LogP contribution in [0.1, 0.15) is 20.8 Å². The topological polar surface area (TPSA) is 52.5 Å². The fourth-order valence-corrected chi connectivity index (χ4v) is 0.587. The molecule has 3 heteroatoms. The Morgan fingerprint density at radius 3 is 2.30 bits per heavy atom. The third kappa shape index (κ3) is 7.88. The van der Waals surface area contributed by atoms with Gasteiger partial charge in [0.15, 0.2) is 0 Å². The summed E-state index contributed by atoms with van der Waals surface area (Å²) in [6, 6.07) is 0. The van der Waals surface area contributed by atoms with Gasteiger partial charge in [-0.05, 0) is 20.8 Å². The molecule has 0 radical (unpaired) electrons. The molecule has 0 amide bonds. The zero-order valence-corrected chi connectivity index (χ0v) is 6.89. The van der Waals surface area contributed by atoms with Gasteiger partial charge in [0.1, 0.15) is 0 Å². The molecule has 0 aromatic carbocycles. The molecule has 0 spiro atoms. The first-order chi connectivity index (χ1) is 4.42. The second kappa shape index (κ2) is 3.91. The molecule has 3 nitrogen and oxygen atoms in total. The SMILES string of the molecule is C[C@H](O)CNCC(C)(C)O. The van der Waals surface area contributed by atoms with E-state index in [1.54, 1.807) is 20.8 Å². The van der Waals surface area contributed by atoms with Crippen LogP contribution in [0.2, 0.25) is 0 Å². The van der Waals surface area contributed by atoms with Crippen LogP contribution in [0, 0.1) is 0 Å². The fourth-order valence-electron chi connectivity index (χ4n) is 0.587. The van der Waals surface area contributed by atoms with Gasteiger partial charge in [0, 0.05) is 13.1 Å². The van der Waals surface area contributed by atoms with Gasteiger partial charge in [-0.2, -0.15) is 0 Å². The van der Waals surface area contributed by atoms with E-state index in [-0.39, 0.29) is 6.10 Å². The Labute approximate surface area is 62.1 Å². The van der Waals surface area contributed by atoms with Crippen LogP contribution in [-0.2, 0) is 0 Å². The molecule has 0 saturated heterocycles. The maximum atomic E-state index is 9.19. The van der Waals surface area contributed by atoms with E-state index in [1.807, 2.05) is 0 Å². The summed E-state index contributed by atoms with van der Waals surface area (Å²) < 4.78 is 0. The van der Waals surface area contributed by atoms with E-state index in [1.165, 1.54) is 0 Å². The Hall–Kier alpha value is -0.120. The van der Waals surface area contributed by atoms with Crippen LogP contribution in [0.15, 0.2) is 0 Å². The average Bonchev–Trinajstić information content (AvgIpc) is 1.59. The van der Waals surface area contributed by atoms with Gasteiger partial charge in [0.05, 0.1) is 11.7 Å². The van der Waals surface area contributed by atoms with Gasteiger partial charge in [0.25, 0.3) is 0 Å². The molecule has 0 aliphatic heterocycles. The van der Waals surface area contributed by atoms with Gasteiger partial charge in [-0.3, -0.25) is 0 Å². The van der Waals surface area contributed by atoms with Crippen molar-refractivity contribution in [3.63, 3.8) is 0 Å². The molecule has 0 fully saturated rings. The van der Waals surface area contributed by atoms with Gasteiger partial charge in [-0.1, -0.05) is 0 Å². The van der Waals surface area contributed by atoms with Crippen molar-refractivity contribution in [1.29, 1.82) is 0 Å². The number of aliphatic hydroxyl groups is 2. The first-order valence-corrected chi connectivity index (χ1v) is 3.53. The molecule has 0 aliphatic rings. The summed E-state index contributed by atoms with van der Waals surface area (Å²) in [6.07, 6.45) is -0.345. The number of hydrogen-bond acceptors (Lipinski definition) is 3. The van der Waals surface area contributed by atoms with E-state index in [2.05, 4.69) is 5.32 Å². The third-order valence-corrected chi connectivity index (χ3v) is 0.997. The molecular weight excluding hydrogens is 130 g/mol. The summed E-state index contributed by atoms with van der Waals surface area (Å²) >= 11 is 0. The molecule has 0 heterocycles. The second-order valence-corrected chi connectivity index (χ2v) is 3.29. The average molecular weight is 147 g/mol. The molecule has 0 aromatic rings. The van der Waals surface area contributed by atoms with Crippen molar-refractivity contribution >= 4 is 0 Å². The van der Waals surface area contributed by atoms with Crippen molar-refractivity contribution in [3.8, 4) is 0 Å². The summed E-state index contributed by atoms with van der Waals surface area (Å²) in [6.45, 7) is 6.20. The molecule has 0 bridgehead atoms. The van der Waals surface area contributed by atoms with E-state index in [0.717, 1.165) is 0 Å². The van der Waals surface area contributed by atoms with Crippen molar-refractivity contribution in [2.24, 2.45) is 0 Å². The van der Waals surface area contributed by atoms with Crippen LogP contribution >= 0.6 is 0 Å². The van der Waals surface area contributed by atoms with Crippen molar-refractivity contribution in [3.05, 3.63) is 0 Å². The number of nitrogens with one attached hydrogen (secondary N) is 1. The van der Waals surface area contributed by atoms with Gasteiger partial charge in [-0.25, -0.2) is 0 Å². The molecule has 0 unspecified atom stereocenters. The van der Waals surface area contributed by atoms with Crippen molar-refractivity contribution in [2.45, 2.75) is 32.5 Å². The largest absolute Gasteiger partial charge is 0.392 e. The molecule has 62 valence electrons. The summed E-state index contributed by atoms with van der Waals surface area (Å²) in [7, 11) is 0. The first kappa shape index (κ1) is 9.88. The van der Waals surface area contributed by atoms with E-state index in [9.17, 15) is 5.11 Å². The summed E-state index contributed by atoms with van der Waals surface area (Å²) in [5.41, 5.74) is -0.686. The molecular formula is C7H17NO2. The predicted octanol–water partition coefficient (Wildman–Crippen LogP) is -0.272. The van der Waals surface area contributed by atoms with Crippen LogP contribution in [-0.4, -0.2) is 35.0 Å². The minimum atomic E-state index is -0.686. The monoisotopic (exact) mass is 147 g/mol. The van der Waals surface area contributed by atoms with Crippen molar-refractivity contribution in [2.75, 3.05) is 13.1 Å². The maximum Gasteiger partial charge on any atom is 0.0715 e. The van der Waals surface area contributed by atoms with Crippen LogP contribution in [0.25, 0.3) is 0 Å². The summed E-state index contributed by atoms with van der Waals surface area (Å²) in [4.78, 5) is 0. The Kier molecular flexibility index (Phi) is 3.86. The normalized spacial score (nSPS) is 15.3. The van der Waals surface area contributed by atoms with Crippen LogP contribution in [0.5, 0.6) is 0 Å². The minimum absolute atomic E-state index is 0.345. The minimum Gasteiger partial charge on any atom is -0.392 e. The van der Waals surface area contributed by atoms with E-state index in [4.69, 9.17) is 5.11 Å². The van der Waals surface area contributed by atoms with Crippen LogP contribution < -0.4 is 5.32 Å². The Bertz CT molecular complexity index is 86.1. The highest BCUT2D eigenvalue weighted by atomic mass is 16.3. The van der Waals surface area contributed by atoms with Gasteiger partial charge in [-0.15, -0.1) is 0 Å². The van der Waals surface area contributed by atoms with Gasteiger partial charge in [0.2, 0.25) is 0 Å². The fraction of sp³-hybridized carbons (Fsp3) is 1.00. The zero-order valence-electron chi connectivity index (χ0n) is 6.89. The highest BCUT2D eigenvalue weighted by molar-refractivity contribution is 4.68. The van der Waals surface area contributed by atoms with Crippen molar-refractivity contribution in [1.82, 2.24) is 5.32 Å². The molecule has 3 N–H and O–H groups in total. The predicted molar refractivity (Wildman–Crippen MR) is 40.8 cm³/mol. The molecule has 0 aliphatic carbocycles. The first-order valence-electron chi connectivity index (χ1n) is 3.53. The van der Waals surface area contributed by atoms with Crippen LogP contribution in [0.3, 0.4) is 0 Å². The Balaban J connectivity index is 3.21. The zero-order chi connectivity index (χ0) is 8.20. The third-order valence-electron chi connectivity index (χ3n) is 0.997. The number of hydrogen-bond donors (Lipinski definition) is 3. The standard InChI is InChI=1S/C7H17NO2/c1-6(9)4-8-5-7(2,3)10/h6,8-10H,4-5H2,1-3H3/t6-/m0/s1.